The number of hydrogen-bond acceptors (Lipinski definition) is 6. The number of phenols is 1. The average molecular weight is 458 g/mol. The van der Waals surface area contributed by atoms with Gasteiger partial charge in [-0.3, -0.25) is 4.79 Å². The van der Waals surface area contributed by atoms with E-state index in [1.165, 1.54) is 0 Å². The number of amides is 1. The molecule has 2 aliphatic heterocycles. The van der Waals surface area contributed by atoms with Gasteiger partial charge in [-0.05, 0) is 56.9 Å². The fraction of sp³-hybridized carbons (Fsp3) is 0.409. The van der Waals surface area contributed by atoms with Gasteiger partial charge in [-0.1, -0.05) is 13.0 Å². The molecule has 0 aliphatic carbocycles. The summed E-state index contributed by atoms with van der Waals surface area (Å²) in [5, 5.41) is 17.0. The molecular formula is C22H27N5O4S. The number of phenolic OH excluding ortho intramolecular Hbond substituents is 1. The Morgan fingerprint density at radius 3 is 2.62 bits per heavy atom. The van der Waals surface area contributed by atoms with E-state index >= 15 is 0 Å². The fourth-order valence-electron chi connectivity index (χ4n) is 3.83. The molecule has 1 fully saturated rings. The van der Waals surface area contributed by atoms with Crippen molar-refractivity contribution in [1.29, 1.82) is 0 Å². The van der Waals surface area contributed by atoms with Crippen LogP contribution in [0.4, 0.5) is 5.69 Å². The third-order valence-electron chi connectivity index (χ3n) is 5.55. The minimum Gasteiger partial charge on any atom is -0.505 e. The number of carbonyl (C=O) groups excluding carboxylic acids is 1. The lowest BCUT2D eigenvalue weighted by molar-refractivity contribution is 0.0721. The number of likely N-dealkylation sites (tertiary alicyclic amines) is 1. The van der Waals surface area contributed by atoms with Gasteiger partial charge in [0.05, 0.1) is 17.3 Å². The van der Waals surface area contributed by atoms with Gasteiger partial charge in [0.25, 0.3) is 17.1 Å². The van der Waals surface area contributed by atoms with Crippen LogP contribution in [0.1, 0.15) is 60.5 Å². The second-order valence-corrected chi connectivity index (χ2v) is 8.67. The predicted octanol–water partition coefficient (Wildman–Crippen LogP) is 3.46. The van der Waals surface area contributed by atoms with Crippen molar-refractivity contribution < 1.29 is 18.5 Å². The first-order valence-corrected chi connectivity index (χ1v) is 11.8. The highest BCUT2D eigenvalue weighted by molar-refractivity contribution is 7.83. The number of amidine groups is 2. The molecule has 1 aromatic heterocycles. The monoisotopic (exact) mass is 457 g/mol. The van der Waals surface area contributed by atoms with E-state index < -0.39 is 11.2 Å². The Morgan fingerprint density at radius 2 is 1.94 bits per heavy atom. The number of benzene rings is 1. The maximum Gasteiger partial charge on any atom is 0.269 e. The summed E-state index contributed by atoms with van der Waals surface area (Å²) in [5.41, 5.74) is 0.516. The van der Waals surface area contributed by atoms with E-state index in [1.54, 1.807) is 23.1 Å². The molecule has 1 saturated heterocycles. The number of aromatic hydroxyl groups is 1. The molecule has 0 radical (unpaired) electrons. The molecule has 2 atom stereocenters. The highest BCUT2D eigenvalue weighted by Gasteiger charge is 2.26. The molecule has 0 bridgehead atoms. The summed E-state index contributed by atoms with van der Waals surface area (Å²) in [6.45, 7) is 5.24. The van der Waals surface area contributed by atoms with Crippen LogP contribution in [0.25, 0.3) is 0 Å². The second-order valence-electron chi connectivity index (χ2n) is 7.84. The summed E-state index contributed by atoms with van der Waals surface area (Å²) in [5.74, 6) is 1.69. The van der Waals surface area contributed by atoms with Crippen LogP contribution < -0.4 is 10.6 Å². The van der Waals surface area contributed by atoms with Crippen LogP contribution in [0, 0.1) is 6.92 Å². The van der Waals surface area contributed by atoms with Crippen LogP contribution in [0.15, 0.2) is 43.5 Å². The summed E-state index contributed by atoms with van der Waals surface area (Å²) >= 11 is -1.79. The highest BCUT2D eigenvalue weighted by Crippen LogP contribution is 2.30. The van der Waals surface area contributed by atoms with E-state index in [9.17, 15) is 14.1 Å². The van der Waals surface area contributed by atoms with Gasteiger partial charge in [0.2, 0.25) is 0 Å². The van der Waals surface area contributed by atoms with Gasteiger partial charge in [0.15, 0.2) is 17.4 Å². The van der Waals surface area contributed by atoms with Crippen molar-refractivity contribution in [3.8, 4) is 5.75 Å². The molecule has 4 rings (SSSR count). The number of piperidine rings is 1. The first-order chi connectivity index (χ1) is 15.5. The van der Waals surface area contributed by atoms with Crippen molar-refractivity contribution in [2.45, 2.75) is 45.6 Å². The van der Waals surface area contributed by atoms with Gasteiger partial charge in [-0.25, -0.2) is 4.21 Å². The number of carbonyl (C=O) groups is 1. The van der Waals surface area contributed by atoms with E-state index in [2.05, 4.69) is 19.4 Å². The Hall–Kier alpha value is -3.14. The quantitative estimate of drug-likeness (QED) is 0.592. The van der Waals surface area contributed by atoms with Crippen molar-refractivity contribution >= 4 is 34.4 Å². The van der Waals surface area contributed by atoms with Gasteiger partial charge in [0, 0.05) is 13.1 Å². The third-order valence-corrected chi connectivity index (χ3v) is 6.23. The summed E-state index contributed by atoms with van der Waals surface area (Å²) in [7, 11) is 0. The van der Waals surface area contributed by atoms with Gasteiger partial charge >= 0.3 is 0 Å². The van der Waals surface area contributed by atoms with E-state index in [1.807, 2.05) is 26.0 Å². The van der Waals surface area contributed by atoms with E-state index in [0.717, 1.165) is 30.8 Å². The van der Waals surface area contributed by atoms with Crippen LogP contribution in [-0.2, 0) is 11.2 Å². The van der Waals surface area contributed by atoms with Crippen LogP contribution in [-0.4, -0.2) is 44.9 Å². The van der Waals surface area contributed by atoms with Crippen molar-refractivity contribution in [3.63, 3.8) is 0 Å². The SMILES string of the molecule is CCC(NC1=NS(=O)N=C1Nc1cccc(C(=O)N2CCCCC2)c1O)c1ccc(C)o1. The van der Waals surface area contributed by atoms with Gasteiger partial charge < -0.3 is 25.1 Å². The molecule has 1 aromatic carbocycles. The van der Waals surface area contributed by atoms with Crippen LogP contribution in [0.3, 0.4) is 0 Å². The Balaban J connectivity index is 1.53. The van der Waals surface area contributed by atoms with E-state index in [4.69, 9.17) is 4.42 Å². The molecule has 0 spiro atoms. The third kappa shape index (κ3) is 4.69. The summed E-state index contributed by atoms with van der Waals surface area (Å²) in [6.07, 6.45) is 3.75. The smallest absolute Gasteiger partial charge is 0.269 e. The van der Waals surface area contributed by atoms with Crippen molar-refractivity contribution in [1.82, 2.24) is 10.2 Å². The molecule has 10 heteroatoms. The van der Waals surface area contributed by atoms with Crippen LogP contribution in [0.2, 0.25) is 0 Å². The Morgan fingerprint density at radius 1 is 1.19 bits per heavy atom. The minimum absolute atomic E-state index is 0.170. The number of rotatable bonds is 5. The molecule has 3 N–H and O–H groups in total. The molecule has 0 saturated carbocycles. The standard InChI is InChI=1S/C22H27N5O4S/c1-3-16(18-11-10-14(2)31-18)23-20-21(26-32(30)25-20)24-17-9-7-8-15(19(17)28)22(29)27-12-5-4-6-13-27/h7-11,16,28H,3-6,12-13H2,1-2H3,(H,23,25)(H,24,26). The Labute approximate surface area is 189 Å². The first-order valence-electron chi connectivity index (χ1n) is 10.8. The minimum atomic E-state index is -1.79. The summed E-state index contributed by atoms with van der Waals surface area (Å²) in [4.78, 5) is 14.6. The lowest BCUT2D eigenvalue weighted by atomic mass is 10.1. The molecular weight excluding hydrogens is 430 g/mol. The zero-order valence-electron chi connectivity index (χ0n) is 18.1. The average Bonchev–Trinajstić information content (AvgIpc) is 3.38. The number of aryl methyl sites for hydroxylation is 1. The molecule has 1 amide bonds. The molecule has 2 aliphatic rings. The molecule has 170 valence electrons. The number of furan rings is 1. The molecule has 3 heterocycles. The number of hydrogen-bond donors (Lipinski definition) is 3. The number of nitrogens with one attached hydrogen (secondary N) is 2. The van der Waals surface area contributed by atoms with Crippen molar-refractivity contribution in [3.05, 3.63) is 47.4 Å². The van der Waals surface area contributed by atoms with E-state index in [-0.39, 0.29) is 29.1 Å². The maximum absolute atomic E-state index is 12.9. The van der Waals surface area contributed by atoms with Gasteiger partial charge in [0.1, 0.15) is 11.5 Å². The van der Waals surface area contributed by atoms with Crippen molar-refractivity contribution in [2.75, 3.05) is 18.4 Å². The summed E-state index contributed by atoms with van der Waals surface area (Å²) in [6, 6.07) is 8.50. The highest BCUT2D eigenvalue weighted by atomic mass is 32.2. The van der Waals surface area contributed by atoms with Gasteiger partial charge in [-0.15, -0.1) is 8.80 Å². The summed E-state index contributed by atoms with van der Waals surface area (Å²) < 4.78 is 25.8. The molecule has 2 unspecified atom stereocenters. The number of anilines is 1. The molecule has 9 nitrogen and oxygen atoms in total. The first kappa shape index (κ1) is 22.1. The predicted molar refractivity (Wildman–Crippen MR) is 124 cm³/mol. The normalized spacial score (nSPS) is 19.3. The second kappa shape index (κ2) is 9.56. The van der Waals surface area contributed by atoms with Crippen molar-refractivity contribution in [2.24, 2.45) is 8.80 Å². The number of nitrogens with zero attached hydrogens (tertiary/aromatic N) is 3. The largest absolute Gasteiger partial charge is 0.505 e. The van der Waals surface area contributed by atoms with Crippen LogP contribution >= 0.6 is 0 Å². The lowest BCUT2D eigenvalue weighted by Gasteiger charge is -2.27. The maximum atomic E-state index is 12.9. The lowest BCUT2D eigenvalue weighted by Crippen LogP contribution is -2.37. The Bertz CT molecular complexity index is 1090. The van der Waals surface area contributed by atoms with Crippen LogP contribution in [0.5, 0.6) is 5.75 Å². The van der Waals surface area contributed by atoms with Gasteiger partial charge in [-0.2, -0.15) is 0 Å². The van der Waals surface area contributed by atoms with E-state index in [0.29, 0.717) is 31.0 Å². The Kier molecular flexibility index (Phi) is 6.59. The molecule has 2 aromatic rings. The zero-order valence-corrected chi connectivity index (χ0v) is 18.9. The molecule has 32 heavy (non-hydrogen) atoms. The topological polar surface area (TPSA) is 120 Å². The fourth-order valence-corrected chi connectivity index (χ4v) is 4.46. The number of para-hydroxylation sites is 1. The zero-order chi connectivity index (χ0) is 22.7.